The SMILES string of the molecule is C=C(/C=C1/CC2=C(SCC2)/C1=C/CCC)c1cccs1. The molecule has 3 rings (SSSR count). The van der Waals surface area contributed by atoms with Crippen LogP contribution in [0.25, 0.3) is 5.57 Å². The van der Waals surface area contributed by atoms with Gasteiger partial charge in [-0.25, -0.2) is 0 Å². The van der Waals surface area contributed by atoms with E-state index < -0.39 is 0 Å². The number of hydrogen-bond donors (Lipinski definition) is 0. The molecule has 0 spiro atoms. The maximum atomic E-state index is 4.25. The molecule has 0 amide bonds. The summed E-state index contributed by atoms with van der Waals surface area (Å²) in [4.78, 5) is 2.86. The van der Waals surface area contributed by atoms with E-state index in [2.05, 4.69) is 43.2 Å². The van der Waals surface area contributed by atoms with Crippen molar-refractivity contribution in [2.45, 2.75) is 32.6 Å². The predicted molar refractivity (Wildman–Crippen MR) is 93.1 cm³/mol. The number of thiophene rings is 1. The maximum absolute atomic E-state index is 4.25. The molecule has 2 heterocycles. The van der Waals surface area contributed by atoms with Crippen LogP contribution >= 0.6 is 23.1 Å². The fraction of sp³-hybridized carbons (Fsp3) is 0.333. The normalized spacial score (nSPS) is 22.1. The number of allylic oxidation sites excluding steroid dienone is 6. The highest BCUT2D eigenvalue weighted by atomic mass is 32.2. The van der Waals surface area contributed by atoms with Gasteiger partial charge in [0.2, 0.25) is 0 Å². The summed E-state index contributed by atoms with van der Waals surface area (Å²) in [5, 5.41) is 2.12. The Labute approximate surface area is 130 Å². The number of rotatable bonds is 4. The van der Waals surface area contributed by atoms with Crippen molar-refractivity contribution < 1.29 is 0 Å². The van der Waals surface area contributed by atoms with E-state index in [9.17, 15) is 0 Å². The molecule has 1 aromatic heterocycles. The molecule has 2 aliphatic rings. The molecule has 0 unspecified atom stereocenters. The summed E-state index contributed by atoms with van der Waals surface area (Å²) in [6.07, 6.45) is 9.56. The number of thioether (sulfide) groups is 1. The lowest BCUT2D eigenvalue weighted by atomic mass is 10.0. The summed E-state index contributed by atoms with van der Waals surface area (Å²) in [6, 6.07) is 4.25. The number of unbranched alkanes of at least 4 members (excludes halogenated alkanes) is 1. The van der Waals surface area contributed by atoms with Gasteiger partial charge < -0.3 is 0 Å². The molecule has 2 heteroatoms. The molecule has 0 atom stereocenters. The van der Waals surface area contributed by atoms with E-state index >= 15 is 0 Å². The molecule has 0 nitrogen and oxygen atoms in total. The molecule has 0 saturated carbocycles. The van der Waals surface area contributed by atoms with E-state index in [-0.39, 0.29) is 0 Å². The van der Waals surface area contributed by atoms with Crippen LogP contribution in [0.4, 0.5) is 0 Å². The van der Waals surface area contributed by atoms with Crippen molar-refractivity contribution in [2.24, 2.45) is 0 Å². The van der Waals surface area contributed by atoms with Crippen LogP contribution in [-0.2, 0) is 0 Å². The van der Waals surface area contributed by atoms with Crippen molar-refractivity contribution in [2.75, 3.05) is 5.75 Å². The Morgan fingerprint density at radius 3 is 3.10 bits per heavy atom. The molecule has 20 heavy (non-hydrogen) atoms. The molecule has 0 bridgehead atoms. The molecule has 1 aliphatic carbocycles. The Bertz CT molecular complexity index is 597. The van der Waals surface area contributed by atoms with E-state index in [0.29, 0.717) is 0 Å². The first-order chi connectivity index (χ1) is 9.79. The van der Waals surface area contributed by atoms with Gasteiger partial charge in [0.1, 0.15) is 0 Å². The van der Waals surface area contributed by atoms with Crippen LogP contribution in [-0.4, -0.2) is 5.75 Å². The van der Waals surface area contributed by atoms with Crippen LogP contribution < -0.4 is 0 Å². The minimum Gasteiger partial charge on any atom is -0.144 e. The van der Waals surface area contributed by atoms with E-state index in [4.69, 9.17) is 0 Å². The second-order valence-corrected chi connectivity index (χ2v) is 7.34. The Balaban J connectivity index is 1.88. The molecule has 104 valence electrons. The zero-order chi connectivity index (χ0) is 13.9. The lowest BCUT2D eigenvalue weighted by Gasteiger charge is -2.08. The molecular weight excluding hydrogens is 280 g/mol. The Morgan fingerprint density at radius 2 is 2.35 bits per heavy atom. The van der Waals surface area contributed by atoms with E-state index in [1.54, 1.807) is 21.8 Å². The first-order valence-corrected chi connectivity index (χ1v) is 9.15. The molecular formula is C18H20S2. The Morgan fingerprint density at radius 1 is 1.45 bits per heavy atom. The average Bonchev–Trinajstić information content (AvgIpc) is 3.14. The molecule has 1 aliphatic heterocycles. The lowest BCUT2D eigenvalue weighted by molar-refractivity contribution is 0.952. The third kappa shape index (κ3) is 2.72. The fourth-order valence-corrected chi connectivity index (χ4v) is 4.76. The summed E-state index contributed by atoms with van der Waals surface area (Å²) in [5.41, 5.74) is 5.79. The van der Waals surface area contributed by atoms with Crippen LogP contribution in [0.2, 0.25) is 0 Å². The largest absolute Gasteiger partial charge is 0.144 e. The smallest absolute Gasteiger partial charge is 0.0336 e. The molecule has 0 aromatic carbocycles. The lowest BCUT2D eigenvalue weighted by Crippen LogP contribution is -1.88. The van der Waals surface area contributed by atoms with Crippen LogP contribution in [0.3, 0.4) is 0 Å². The van der Waals surface area contributed by atoms with Crippen molar-refractivity contribution in [3.8, 4) is 0 Å². The van der Waals surface area contributed by atoms with Crippen molar-refractivity contribution in [1.29, 1.82) is 0 Å². The van der Waals surface area contributed by atoms with Gasteiger partial charge in [0, 0.05) is 15.5 Å². The maximum Gasteiger partial charge on any atom is 0.0336 e. The average molecular weight is 300 g/mol. The van der Waals surface area contributed by atoms with Gasteiger partial charge in [0.15, 0.2) is 0 Å². The fourth-order valence-electron chi connectivity index (χ4n) is 2.78. The topological polar surface area (TPSA) is 0 Å². The van der Waals surface area contributed by atoms with Gasteiger partial charge in [-0.1, -0.05) is 37.6 Å². The standard InChI is InChI=1S/C18H20S2/c1-3-4-6-16-15(12-14-8-10-20-18(14)16)11-13(2)17-7-5-9-19-17/h5-7,9,11H,2-4,8,10,12H2,1H3/b15-11-,16-6+. The predicted octanol–water partition coefficient (Wildman–Crippen LogP) is 6.21. The monoisotopic (exact) mass is 300 g/mol. The quantitative estimate of drug-likeness (QED) is 0.637. The summed E-state index contributed by atoms with van der Waals surface area (Å²) in [5.74, 6) is 1.27. The molecule has 0 radical (unpaired) electrons. The zero-order valence-corrected chi connectivity index (χ0v) is 13.6. The summed E-state index contributed by atoms with van der Waals surface area (Å²) in [6.45, 7) is 6.50. The van der Waals surface area contributed by atoms with Gasteiger partial charge in [-0.15, -0.1) is 23.1 Å². The van der Waals surface area contributed by atoms with E-state index in [1.807, 2.05) is 11.8 Å². The molecule has 0 saturated heterocycles. The summed E-state index contributed by atoms with van der Waals surface area (Å²) < 4.78 is 0. The van der Waals surface area contributed by atoms with Gasteiger partial charge in [-0.05, 0) is 53.5 Å². The minimum atomic E-state index is 1.14. The van der Waals surface area contributed by atoms with Gasteiger partial charge in [0.25, 0.3) is 0 Å². The second-order valence-electron chi connectivity index (χ2n) is 5.29. The van der Waals surface area contributed by atoms with E-state index in [1.165, 1.54) is 41.0 Å². The van der Waals surface area contributed by atoms with Gasteiger partial charge in [0.05, 0.1) is 0 Å². The van der Waals surface area contributed by atoms with Crippen LogP contribution in [0.1, 0.15) is 37.5 Å². The highest BCUT2D eigenvalue weighted by Gasteiger charge is 2.28. The Hall–Kier alpha value is -0.990. The highest BCUT2D eigenvalue weighted by molar-refractivity contribution is 8.03. The molecule has 0 N–H and O–H groups in total. The van der Waals surface area contributed by atoms with Gasteiger partial charge in [-0.2, -0.15) is 0 Å². The second kappa shape index (κ2) is 6.19. The van der Waals surface area contributed by atoms with Crippen LogP contribution in [0.15, 0.2) is 57.9 Å². The van der Waals surface area contributed by atoms with Crippen LogP contribution in [0, 0.1) is 0 Å². The van der Waals surface area contributed by atoms with Gasteiger partial charge >= 0.3 is 0 Å². The Kier molecular flexibility index (Phi) is 4.32. The van der Waals surface area contributed by atoms with Crippen LogP contribution in [0.5, 0.6) is 0 Å². The first-order valence-electron chi connectivity index (χ1n) is 7.28. The minimum absolute atomic E-state index is 1.14. The first kappa shape index (κ1) is 14.0. The van der Waals surface area contributed by atoms with Crippen molar-refractivity contribution >= 4 is 28.7 Å². The third-order valence-electron chi connectivity index (χ3n) is 3.79. The van der Waals surface area contributed by atoms with E-state index in [0.717, 1.165) is 12.0 Å². The zero-order valence-electron chi connectivity index (χ0n) is 11.9. The van der Waals surface area contributed by atoms with Crippen molar-refractivity contribution in [3.05, 3.63) is 62.7 Å². The molecule has 0 fully saturated rings. The van der Waals surface area contributed by atoms with Crippen molar-refractivity contribution in [3.63, 3.8) is 0 Å². The molecule has 1 aromatic rings. The van der Waals surface area contributed by atoms with Gasteiger partial charge in [-0.3, -0.25) is 0 Å². The highest BCUT2D eigenvalue weighted by Crippen LogP contribution is 2.49. The summed E-state index contributed by atoms with van der Waals surface area (Å²) in [7, 11) is 0. The third-order valence-corrected chi connectivity index (χ3v) is 5.94. The summed E-state index contributed by atoms with van der Waals surface area (Å²) >= 11 is 3.82. The number of hydrogen-bond acceptors (Lipinski definition) is 2. The van der Waals surface area contributed by atoms with Crippen molar-refractivity contribution in [1.82, 2.24) is 0 Å².